The lowest BCUT2D eigenvalue weighted by Crippen LogP contribution is -2.13. The Morgan fingerprint density at radius 3 is 2.00 bits per heavy atom. The molecule has 0 fully saturated rings. The van der Waals surface area contributed by atoms with Crippen molar-refractivity contribution < 1.29 is 20.7 Å². The van der Waals surface area contributed by atoms with Crippen molar-refractivity contribution >= 4 is 25.9 Å². The first-order valence-electron chi connectivity index (χ1n) is 5.13. The molecule has 20 heavy (non-hydrogen) atoms. The standard InChI is InChI=1S/C10H8FN3O4S2/c11-19(15,16)9-1-3-10(4-2-9)20(17,18)14-8-5-6-12-13-7-8/h1-7H,(H,12,14). The monoisotopic (exact) mass is 317 g/mol. The van der Waals surface area contributed by atoms with E-state index in [0.29, 0.717) is 0 Å². The van der Waals surface area contributed by atoms with Crippen LogP contribution in [0.2, 0.25) is 0 Å². The first-order valence-corrected chi connectivity index (χ1v) is 8.00. The summed E-state index contributed by atoms with van der Waals surface area (Å²) in [7, 11) is -8.77. The lowest BCUT2D eigenvalue weighted by Gasteiger charge is -2.07. The van der Waals surface area contributed by atoms with Gasteiger partial charge in [-0.15, -0.1) is 3.89 Å². The third-order valence-corrected chi connectivity index (χ3v) is 4.48. The van der Waals surface area contributed by atoms with Crippen LogP contribution in [0.3, 0.4) is 0 Å². The number of rotatable bonds is 4. The summed E-state index contributed by atoms with van der Waals surface area (Å²) in [4.78, 5) is -0.816. The number of nitrogens with one attached hydrogen (secondary N) is 1. The van der Waals surface area contributed by atoms with Gasteiger partial charge in [-0.05, 0) is 30.3 Å². The van der Waals surface area contributed by atoms with Crippen LogP contribution in [-0.4, -0.2) is 27.0 Å². The molecule has 0 aliphatic rings. The number of halogens is 1. The average Bonchev–Trinajstić information content (AvgIpc) is 2.38. The van der Waals surface area contributed by atoms with Gasteiger partial charge in [0.15, 0.2) is 0 Å². The van der Waals surface area contributed by atoms with E-state index in [1.54, 1.807) is 0 Å². The Morgan fingerprint density at radius 2 is 1.50 bits per heavy atom. The van der Waals surface area contributed by atoms with Crippen molar-refractivity contribution in [1.82, 2.24) is 10.2 Å². The summed E-state index contributed by atoms with van der Waals surface area (Å²) in [5.41, 5.74) is 0.196. The van der Waals surface area contributed by atoms with Crippen LogP contribution in [0.5, 0.6) is 0 Å². The fourth-order valence-corrected chi connectivity index (χ4v) is 2.85. The van der Waals surface area contributed by atoms with Gasteiger partial charge in [0.25, 0.3) is 10.0 Å². The largest absolute Gasteiger partial charge is 0.332 e. The molecule has 0 unspecified atom stereocenters. The molecule has 2 aromatic rings. The molecule has 0 bridgehead atoms. The Bertz CT molecular complexity index is 805. The summed E-state index contributed by atoms with van der Waals surface area (Å²) in [5, 5.41) is 7.00. The Kier molecular flexibility index (Phi) is 3.68. The summed E-state index contributed by atoms with van der Waals surface area (Å²) in [5.74, 6) is 0. The highest BCUT2D eigenvalue weighted by molar-refractivity contribution is 7.92. The van der Waals surface area contributed by atoms with Crippen molar-refractivity contribution in [2.75, 3.05) is 4.72 Å². The molecular formula is C10H8FN3O4S2. The summed E-state index contributed by atoms with van der Waals surface area (Å²) in [6.45, 7) is 0. The van der Waals surface area contributed by atoms with E-state index >= 15 is 0 Å². The predicted molar refractivity (Wildman–Crippen MR) is 67.6 cm³/mol. The normalized spacial score (nSPS) is 12.1. The second kappa shape index (κ2) is 5.13. The molecule has 2 rings (SSSR count). The number of nitrogens with zero attached hydrogens (tertiary/aromatic N) is 2. The molecule has 7 nitrogen and oxygen atoms in total. The average molecular weight is 317 g/mol. The lowest BCUT2D eigenvalue weighted by atomic mass is 10.4. The van der Waals surface area contributed by atoms with Crippen LogP contribution in [0.15, 0.2) is 52.5 Å². The second-order valence-corrected chi connectivity index (χ2v) is 6.68. The number of sulfonamides is 1. The third kappa shape index (κ3) is 3.27. The quantitative estimate of drug-likeness (QED) is 0.841. The first kappa shape index (κ1) is 14.3. The molecule has 0 aliphatic carbocycles. The van der Waals surface area contributed by atoms with Gasteiger partial charge >= 0.3 is 10.2 Å². The molecule has 0 spiro atoms. The molecule has 1 aromatic carbocycles. The van der Waals surface area contributed by atoms with Gasteiger partial charge in [0.05, 0.1) is 27.9 Å². The molecule has 0 saturated carbocycles. The van der Waals surface area contributed by atoms with Crippen LogP contribution < -0.4 is 4.72 Å². The van der Waals surface area contributed by atoms with E-state index in [1.807, 2.05) is 0 Å². The molecule has 10 heteroatoms. The fourth-order valence-electron chi connectivity index (χ4n) is 1.35. The Hall–Kier alpha value is -2.07. The van der Waals surface area contributed by atoms with Gasteiger partial charge in [-0.3, -0.25) is 4.72 Å². The molecule has 1 N–H and O–H groups in total. The van der Waals surface area contributed by atoms with Gasteiger partial charge in [0.2, 0.25) is 0 Å². The number of aromatic nitrogens is 2. The van der Waals surface area contributed by atoms with Gasteiger partial charge < -0.3 is 0 Å². The van der Waals surface area contributed by atoms with Gasteiger partial charge in [0, 0.05) is 0 Å². The number of benzene rings is 1. The zero-order valence-corrected chi connectivity index (χ0v) is 11.4. The molecule has 1 heterocycles. The summed E-state index contributed by atoms with van der Waals surface area (Å²) in [6.07, 6.45) is 2.51. The summed E-state index contributed by atoms with van der Waals surface area (Å²) >= 11 is 0. The Balaban J connectivity index is 2.31. The van der Waals surface area contributed by atoms with Crippen molar-refractivity contribution in [2.24, 2.45) is 0 Å². The van der Waals surface area contributed by atoms with Crippen molar-refractivity contribution in [3.05, 3.63) is 42.7 Å². The van der Waals surface area contributed by atoms with Crippen molar-refractivity contribution in [3.63, 3.8) is 0 Å². The maximum absolute atomic E-state index is 12.7. The Labute approximate surface area is 114 Å². The van der Waals surface area contributed by atoms with Gasteiger partial charge in [-0.1, -0.05) is 0 Å². The van der Waals surface area contributed by atoms with E-state index in [4.69, 9.17) is 0 Å². The molecule has 0 amide bonds. The molecular weight excluding hydrogens is 309 g/mol. The maximum Gasteiger partial charge on any atom is 0.332 e. The molecule has 0 aliphatic heterocycles. The van der Waals surface area contributed by atoms with Crippen LogP contribution >= 0.6 is 0 Å². The molecule has 106 valence electrons. The predicted octanol–water partition coefficient (Wildman–Crippen LogP) is 0.936. The van der Waals surface area contributed by atoms with E-state index in [0.717, 1.165) is 24.3 Å². The van der Waals surface area contributed by atoms with Crippen molar-refractivity contribution in [1.29, 1.82) is 0 Å². The van der Waals surface area contributed by atoms with Crippen molar-refractivity contribution in [3.8, 4) is 0 Å². The minimum absolute atomic E-state index is 0.196. The first-order chi connectivity index (χ1) is 9.29. The highest BCUT2D eigenvalue weighted by Crippen LogP contribution is 2.18. The topological polar surface area (TPSA) is 106 Å². The van der Waals surface area contributed by atoms with Gasteiger partial charge in [-0.2, -0.15) is 18.6 Å². The van der Waals surface area contributed by atoms with E-state index < -0.39 is 25.1 Å². The van der Waals surface area contributed by atoms with Crippen LogP contribution in [0.1, 0.15) is 0 Å². The van der Waals surface area contributed by atoms with Crippen LogP contribution in [0.25, 0.3) is 0 Å². The lowest BCUT2D eigenvalue weighted by molar-refractivity contribution is 0.551. The highest BCUT2D eigenvalue weighted by atomic mass is 32.3. The number of hydrogen-bond donors (Lipinski definition) is 1. The van der Waals surface area contributed by atoms with Crippen LogP contribution in [0, 0.1) is 0 Å². The van der Waals surface area contributed by atoms with E-state index in [2.05, 4.69) is 14.9 Å². The minimum Gasteiger partial charge on any atom is -0.278 e. The van der Waals surface area contributed by atoms with E-state index in [1.165, 1.54) is 18.5 Å². The van der Waals surface area contributed by atoms with E-state index in [9.17, 15) is 20.7 Å². The molecule has 0 atom stereocenters. The fraction of sp³-hybridized carbons (Fsp3) is 0. The molecule has 0 radical (unpaired) electrons. The zero-order valence-electron chi connectivity index (χ0n) is 9.76. The van der Waals surface area contributed by atoms with Crippen LogP contribution in [0.4, 0.5) is 9.57 Å². The SMILES string of the molecule is O=S(=O)(F)c1ccc(S(=O)(=O)Nc2ccnnc2)cc1. The highest BCUT2D eigenvalue weighted by Gasteiger charge is 2.17. The van der Waals surface area contributed by atoms with Gasteiger partial charge in [0.1, 0.15) is 0 Å². The smallest absolute Gasteiger partial charge is 0.278 e. The summed E-state index contributed by atoms with van der Waals surface area (Å²) < 4.78 is 60.1. The van der Waals surface area contributed by atoms with E-state index in [-0.39, 0.29) is 10.6 Å². The number of anilines is 1. The third-order valence-electron chi connectivity index (χ3n) is 2.25. The minimum atomic E-state index is -4.86. The van der Waals surface area contributed by atoms with Crippen molar-refractivity contribution in [2.45, 2.75) is 9.79 Å². The number of hydrogen-bond acceptors (Lipinski definition) is 6. The zero-order chi connectivity index (χ0) is 14.8. The van der Waals surface area contributed by atoms with Gasteiger partial charge in [-0.25, -0.2) is 8.42 Å². The summed E-state index contributed by atoms with van der Waals surface area (Å²) in [6, 6.07) is 5.11. The second-order valence-electron chi connectivity index (χ2n) is 3.65. The molecule has 0 saturated heterocycles. The maximum atomic E-state index is 12.7. The van der Waals surface area contributed by atoms with Crippen LogP contribution in [-0.2, 0) is 20.2 Å². The molecule has 1 aromatic heterocycles. The Morgan fingerprint density at radius 1 is 0.900 bits per heavy atom.